The highest BCUT2D eigenvalue weighted by Crippen LogP contribution is 2.45. The van der Waals surface area contributed by atoms with Crippen LogP contribution in [0.25, 0.3) is 0 Å². The Morgan fingerprint density at radius 3 is 0.892 bits per heavy atom. The summed E-state index contributed by atoms with van der Waals surface area (Å²) in [7, 11) is -10.00. The number of aliphatic hydroxyl groups excluding tert-OH is 1. The molecule has 17 nitrogen and oxygen atoms in total. The van der Waals surface area contributed by atoms with Crippen molar-refractivity contribution in [3.8, 4) is 0 Å². The summed E-state index contributed by atoms with van der Waals surface area (Å²) in [6.07, 6.45) is 85.3. The molecule has 0 aromatic rings. The number of hydrogen-bond acceptors (Lipinski definition) is 15. The summed E-state index contributed by atoms with van der Waals surface area (Å²) in [6.45, 7) is 4.41. The first-order valence-electron chi connectivity index (χ1n) is 38.7. The van der Waals surface area contributed by atoms with Crippen molar-refractivity contribution >= 4 is 39.5 Å². The van der Waals surface area contributed by atoms with Gasteiger partial charge >= 0.3 is 39.5 Å². The van der Waals surface area contributed by atoms with Crippen LogP contribution in [0, 0.1) is 0 Å². The quantitative estimate of drug-likeness (QED) is 0.0169. The molecule has 0 aromatic heterocycles. The molecule has 102 heavy (non-hydrogen) atoms. The second kappa shape index (κ2) is 74.0. The molecule has 5 unspecified atom stereocenters. The van der Waals surface area contributed by atoms with E-state index in [2.05, 4.69) is 167 Å². The van der Waals surface area contributed by atoms with E-state index >= 15 is 0 Å². The molecule has 0 amide bonds. The normalized spacial score (nSPS) is 14.8. The number of allylic oxidation sites excluding steroid dienone is 26. The SMILES string of the molecule is CC/C=C\C/C=C\C/C=C\C/C=C\C/C=C\C/C=C\CCC(=O)OCC(COP(=O)(O)OCC(O)COP(=O)(O)OCC(COC(=O)CCCCCC/C=C\C/C=C\C/C=C\C/C=C\CC)OC(=O)CCCCCCC/C=C\CCCCCC)OC(=O)CCCCCCC/C=C\C/C=C\CCC. The van der Waals surface area contributed by atoms with Gasteiger partial charge in [0.25, 0.3) is 0 Å². The molecule has 0 spiro atoms. The maximum absolute atomic E-state index is 13.1. The Labute approximate surface area is 617 Å². The van der Waals surface area contributed by atoms with Crippen molar-refractivity contribution in [3.05, 3.63) is 158 Å². The maximum Gasteiger partial charge on any atom is 0.472 e. The summed E-state index contributed by atoms with van der Waals surface area (Å²) < 4.78 is 68.4. The Morgan fingerprint density at radius 2 is 0.549 bits per heavy atom. The van der Waals surface area contributed by atoms with Crippen molar-refractivity contribution in [3.63, 3.8) is 0 Å². The number of unbranched alkanes of at least 4 members (excludes halogenated alkanes) is 19. The van der Waals surface area contributed by atoms with Crippen LogP contribution in [0.5, 0.6) is 0 Å². The molecule has 0 aliphatic heterocycles. The van der Waals surface area contributed by atoms with Crippen LogP contribution in [0.3, 0.4) is 0 Å². The van der Waals surface area contributed by atoms with Crippen LogP contribution in [0.1, 0.15) is 285 Å². The molecule has 0 bridgehead atoms. The molecule has 0 aromatic carbocycles. The van der Waals surface area contributed by atoms with Crippen molar-refractivity contribution < 1.29 is 80.2 Å². The lowest BCUT2D eigenvalue weighted by Crippen LogP contribution is -2.30. The van der Waals surface area contributed by atoms with E-state index in [1.807, 2.05) is 18.2 Å². The van der Waals surface area contributed by atoms with Gasteiger partial charge in [0, 0.05) is 25.7 Å². The van der Waals surface area contributed by atoms with Gasteiger partial charge in [-0.2, -0.15) is 0 Å². The summed E-state index contributed by atoms with van der Waals surface area (Å²) in [5.74, 6) is -2.33. The van der Waals surface area contributed by atoms with E-state index in [1.54, 1.807) is 0 Å². The van der Waals surface area contributed by atoms with Crippen LogP contribution in [0.2, 0.25) is 0 Å². The highest BCUT2D eigenvalue weighted by atomic mass is 31.2. The average Bonchev–Trinajstić information content (AvgIpc) is 0.909. The van der Waals surface area contributed by atoms with Crippen molar-refractivity contribution in [1.82, 2.24) is 0 Å². The van der Waals surface area contributed by atoms with Crippen LogP contribution in [-0.2, 0) is 65.4 Å². The fraction of sp³-hybridized carbons (Fsp3) is 0.639. The molecule has 19 heteroatoms. The first-order valence-corrected chi connectivity index (χ1v) is 41.7. The van der Waals surface area contributed by atoms with Gasteiger partial charge < -0.3 is 33.8 Å². The monoisotopic (exact) mass is 1470 g/mol. The molecule has 0 saturated heterocycles. The van der Waals surface area contributed by atoms with Crippen molar-refractivity contribution in [1.29, 1.82) is 0 Å². The molecule has 3 N–H and O–H groups in total. The third kappa shape index (κ3) is 73.0. The molecular formula is C83H136O17P2. The molecule has 580 valence electrons. The summed E-state index contributed by atoms with van der Waals surface area (Å²) in [5.41, 5.74) is 0. The third-order valence-electron chi connectivity index (χ3n) is 15.5. The number of phosphoric ester groups is 2. The van der Waals surface area contributed by atoms with E-state index in [9.17, 15) is 43.2 Å². The first-order chi connectivity index (χ1) is 49.7. The highest BCUT2D eigenvalue weighted by molar-refractivity contribution is 7.47. The van der Waals surface area contributed by atoms with E-state index in [4.69, 9.17) is 37.0 Å². The predicted molar refractivity (Wildman–Crippen MR) is 417 cm³/mol. The molecular weight excluding hydrogens is 1330 g/mol. The molecule has 0 saturated carbocycles. The minimum Gasteiger partial charge on any atom is -0.462 e. The van der Waals surface area contributed by atoms with Gasteiger partial charge in [0.1, 0.15) is 19.3 Å². The molecule has 0 heterocycles. The lowest BCUT2D eigenvalue weighted by atomic mass is 10.1. The molecule has 0 aliphatic carbocycles. The third-order valence-corrected chi connectivity index (χ3v) is 17.4. The van der Waals surface area contributed by atoms with Crippen LogP contribution < -0.4 is 0 Å². The molecule has 5 atom stereocenters. The van der Waals surface area contributed by atoms with E-state index < -0.39 is 97.5 Å². The Balaban J connectivity index is 5.44. The fourth-order valence-electron chi connectivity index (χ4n) is 9.62. The smallest absolute Gasteiger partial charge is 0.462 e. The molecule has 0 rings (SSSR count). The van der Waals surface area contributed by atoms with Crippen LogP contribution in [0.4, 0.5) is 0 Å². The van der Waals surface area contributed by atoms with E-state index in [0.29, 0.717) is 32.1 Å². The Morgan fingerprint density at radius 1 is 0.284 bits per heavy atom. The Kier molecular flexibility index (Phi) is 70.1. The number of phosphoric acid groups is 2. The fourth-order valence-corrected chi connectivity index (χ4v) is 11.2. The minimum absolute atomic E-state index is 0.0279. The number of aliphatic hydroxyl groups is 1. The van der Waals surface area contributed by atoms with Crippen LogP contribution in [-0.4, -0.2) is 96.7 Å². The lowest BCUT2D eigenvalue weighted by molar-refractivity contribution is -0.161. The van der Waals surface area contributed by atoms with Gasteiger partial charge in [-0.15, -0.1) is 0 Å². The molecule has 0 radical (unpaired) electrons. The molecule has 0 fully saturated rings. The number of carbonyl (C=O) groups is 4. The van der Waals surface area contributed by atoms with E-state index in [-0.39, 0.29) is 25.7 Å². The highest BCUT2D eigenvalue weighted by Gasteiger charge is 2.30. The van der Waals surface area contributed by atoms with Crippen molar-refractivity contribution in [2.45, 2.75) is 303 Å². The van der Waals surface area contributed by atoms with Gasteiger partial charge in [-0.05, 0) is 154 Å². The summed E-state index contributed by atoms with van der Waals surface area (Å²) in [6, 6.07) is 0. The van der Waals surface area contributed by atoms with Gasteiger partial charge in [-0.25, -0.2) is 9.13 Å². The number of hydrogen-bond donors (Lipinski definition) is 3. The topological polar surface area (TPSA) is 237 Å². The predicted octanol–water partition coefficient (Wildman–Crippen LogP) is 22.4. The zero-order chi connectivity index (χ0) is 74.6. The minimum atomic E-state index is -5.00. The number of carbonyl (C=O) groups excluding carboxylic acids is 4. The second-order valence-electron chi connectivity index (χ2n) is 25.2. The van der Waals surface area contributed by atoms with Gasteiger partial charge in [0.2, 0.25) is 0 Å². The Bertz CT molecular complexity index is 2550. The standard InChI is InChI=1S/C83H136O17P2/c1-5-9-13-17-21-25-29-33-35-37-38-40-42-46-48-52-56-60-64-68-81(86)94-74-79(100-83(88)70-66-62-58-54-50-44-32-28-24-20-16-12-8-4)76-98-102(91,92)96-72-77(84)71-95-101(89,90)97-75-78(99-82(87)69-65-61-57-53-49-43-31-27-23-19-15-11-7-3)73-93-80(85)67-63-59-55-51-47-45-41-39-36-34-30-26-22-18-14-10-6-2/h9-10,13-14,16,20-22,25-28,31-36,38,40-41,45-46,48,56,60,77-79,84H,5-8,11-12,15,17-19,23-24,29-30,37,39,42-44,47,49-55,57-59,61-76H2,1-4H3,(H,89,90)(H,91,92)/b13-9-,14-10-,20-16-,25-21-,26-22-,31-27-,32-28-,35-33-,36-34-,40-38-,45-41-,48-46-,60-56-. The van der Waals surface area contributed by atoms with Gasteiger partial charge in [0.05, 0.1) is 26.4 Å². The first kappa shape index (κ1) is 96.7. The van der Waals surface area contributed by atoms with Gasteiger partial charge in [-0.1, -0.05) is 263 Å². The summed E-state index contributed by atoms with van der Waals surface area (Å²) in [5, 5.41) is 10.6. The van der Waals surface area contributed by atoms with E-state index in [1.165, 1.54) is 25.7 Å². The van der Waals surface area contributed by atoms with Crippen LogP contribution in [0.15, 0.2) is 158 Å². The second-order valence-corrected chi connectivity index (χ2v) is 28.1. The van der Waals surface area contributed by atoms with Crippen LogP contribution >= 0.6 is 15.6 Å². The van der Waals surface area contributed by atoms with E-state index in [0.717, 1.165) is 173 Å². The Hall–Kier alpha value is -5.32. The average molecular weight is 1470 g/mol. The number of esters is 4. The summed E-state index contributed by atoms with van der Waals surface area (Å²) >= 11 is 0. The van der Waals surface area contributed by atoms with Crippen molar-refractivity contribution in [2.24, 2.45) is 0 Å². The zero-order valence-electron chi connectivity index (χ0n) is 63.2. The number of rotatable bonds is 71. The van der Waals surface area contributed by atoms with Crippen molar-refractivity contribution in [2.75, 3.05) is 39.6 Å². The number of ether oxygens (including phenoxy) is 4. The summed E-state index contributed by atoms with van der Waals surface area (Å²) in [4.78, 5) is 72.9. The van der Waals surface area contributed by atoms with Gasteiger partial charge in [-0.3, -0.25) is 37.3 Å². The zero-order valence-corrected chi connectivity index (χ0v) is 65.0. The largest absolute Gasteiger partial charge is 0.472 e. The maximum atomic E-state index is 13.1. The van der Waals surface area contributed by atoms with Gasteiger partial charge in [0.15, 0.2) is 12.2 Å². The molecule has 0 aliphatic rings. The lowest BCUT2D eigenvalue weighted by Gasteiger charge is -2.21.